The molecular formula is C17H25N3S. The van der Waals surface area contributed by atoms with Crippen molar-refractivity contribution in [2.75, 3.05) is 6.54 Å². The molecule has 0 spiro atoms. The SMILES string of the molecule is CCCNC(c1ccc(-c2cn(C)nc2CC)s1)C1CC1. The first kappa shape index (κ1) is 14.8. The molecule has 0 aliphatic heterocycles. The van der Waals surface area contributed by atoms with E-state index in [9.17, 15) is 0 Å². The van der Waals surface area contributed by atoms with Gasteiger partial charge in [-0.2, -0.15) is 5.10 Å². The zero-order valence-corrected chi connectivity index (χ0v) is 14.0. The Morgan fingerprint density at radius 1 is 1.38 bits per heavy atom. The van der Waals surface area contributed by atoms with E-state index < -0.39 is 0 Å². The van der Waals surface area contributed by atoms with Crippen molar-refractivity contribution in [3.05, 3.63) is 28.9 Å². The number of hydrogen-bond donors (Lipinski definition) is 1. The zero-order chi connectivity index (χ0) is 14.8. The molecule has 1 unspecified atom stereocenters. The van der Waals surface area contributed by atoms with Crippen LogP contribution in [0.5, 0.6) is 0 Å². The number of thiophene rings is 1. The van der Waals surface area contributed by atoms with E-state index in [2.05, 4.69) is 42.6 Å². The minimum absolute atomic E-state index is 0.561. The normalized spacial score (nSPS) is 16.3. The minimum atomic E-state index is 0.561. The number of hydrogen-bond acceptors (Lipinski definition) is 3. The first-order chi connectivity index (χ1) is 10.2. The second-order valence-corrected chi connectivity index (χ2v) is 7.10. The van der Waals surface area contributed by atoms with Gasteiger partial charge >= 0.3 is 0 Å². The van der Waals surface area contributed by atoms with Crippen molar-refractivity contribution in [1.82, 2.24) is 15.1 Å². The summed E-state index contributed by atoms with van der Waals surface area (Å²) in [6, 6.07) is 5.16. The summed E-state index contributed by atoms with van der Waals surface area (Å²) in [5, 5.41) is 8.30. The highest BCUT2D eigenvalue weighted by Crippen LogP contribution is 2.44. The average Bonchev–Trinajstić information content (AvgIpc) is 3.07. The Hall–Kier alpha value is -1.13. The summed E-state index contributed by atoms with van der Waals surface area (Å²) in [6.07, 6.45) is 7.09. The quantitative estimate of drug-likeness (QED) is 0.832. The number of rotatable bonds is 7. The number of nitrogens with one attached hydrogen (secondary N) is 1. The lowest BCUT2D eigenvalue weighted by Gasteiger charge is -2.16. The monoisotopic (exact) mass is 303 g/mol. The summed E-state index contributed by atoms with van der Waals surface area (Å²) in [5.74, 6) is 0.850. The second-order valence-electron chi connectivity index (χ2n) is 5.99. The Labute approximate surface area is 131 Å². The molecule has 3 nitrogen and oxygen atoms in total. The van der Waals surface area contributed by atoms with Crippen LogP contribution in [0, 0.1) is 5.92 Å². The predicted molar refractivity (Wildman–Crippen MR) is 89.7 cm³/mol. The third kappa shape index (κ3) is 3.22. The summed E-state index contributed by atoms with van der Waals surface area (Å²) >= 11 is 1.94. The molecule has 0 bridgehead atoms. The van der Waals surface area contributed by atoms with Crippen molar-refractivity contribution in [3.8, 4) is 10.4 Å². The Morgan fingerprint density at radius 2 is 2.19 bits per heavy atom. The molecule has 1 aliphatic rings. The molecular weight excluding hydrogens is 278 g/mol. The number of aryl methyl sites for hydroxylation is 2. The van der Waals surface area contributed by atoms with Gasteiger partial charge < -0.3 is 5.32 Å². The lowest BCUT2D eigenvalue weighted by atomic mass is 10.1. The third-order valence-electron chi connectivity index (χ3n) is 4.15. The van der Waals surface area contributed by atoms with Crippen molar-refractivity contribution < 1.29 is 0 Å². The second kappa shape index (κ2) is 6.32. The first-order valence-corrected chi connectivity index (χ1v) is 8.90. The van der Waals surface area contributed by atoms with Gasteiger partial charge in [0.25, 0.3) is 0 Å². The van der Waals surface area contributed by atoms with Crippen molar-refractivity contribution in [1.29, 1.82) is 0 Å². The molecule has 0 aromatic carbocycles. The maximum absolute atomic E-state index is 4.56. The van der Waals surface area contributed by atoms with Crippen molar-refractivity contribution in [2.45, 2.75) is 45.6 Å². The van der Waals surface area contributed by atoms with Gasteiger partial charge in [-0.05, 0) is 50.3 Å². The van der Waals surface area contributed by atoms with Crippen LogP contribution >= 0.6 is 11.3 Å². The third-order valence-corrected chi connectivity index (χ3v) is 5.35. The molecule has 1 fully saturated rings. The van der Waals surface area contributed by atoms with E-state index in [-0.39, 0.29) is 0 Å². The zero-order valence-electron chi connectivity index (χ0n) is 13.2. The van der Waals surface area contributed by atoms with Crippen LogP contribution < -0.4 is 5.32 Å². The summed E-state index contributed by atoms with van der Waals surface area (Å²) in [6.45, 7) is 5.53. The van der Waals surface area contributed by atoms with Gasteiger partial charge in [0.15, 0.2) is 0 Å². The maximum Gasteiger partial charge on any atom is 0.0708 e. The lowest BCUT2D eigenvalue weighted by Crippen LogP contribution is -2.22. The summed E-state index contributed by atoms with van der Waals surface area (Å²) in [5.41, 5.74) is 2.51. The molecule has 2 heterocycles. The molecule has 0 radical (unpaired) electrons. The molecule has 21 heavy (non-hydrogen) atoms. The molecule has 1 atom stereocenters. The van der Waals surface area contributed by atoms with Gasteiger partial charge in [-0.25, -0.2) is 0 Å². The average molecular weight is 303 g/mol. The fourth-order valence-electron chi connectivity index (χ4n) is 2.90. The molecule has 1 N–H and O–H groups in total. The van der Waals surface area contributed by atoms with Gasteiger partial charge in [0.05, 0.1) is 5.69 Å². The van der Waals surface area contributed by atoms with E-state index in [1.54, 1.807) is 0 Å². The number of aromatic nitrogens is 2. The van der Waals surface area contributed by atoms with Crippen LogP contribution in [0.3, 0.4) is 0 Å². The highest BCUT2D eigenvalue weighted by atomic mass is 32.1. The molecule has 114 valence electrons. The predicted octanol–water partition coefficient (Wildman–Crippen LogP) is 4.16. The standard InChI is InChI=1S/C17H25N3S/c1-4-10-18-17(12-6-7-12)16-9-8-15(21-16)13-11-20(3)19-14(13)5-2/h8-9,11-12,17-18H,4-7,10H2,1-3H3. The Bertz CT molecular complexity index is 595. The Kier molecular flexibility index (Phi) is 4.45. The summed E-state index contributed by atoms with van der Waals surface area (Å²) in [4.78, 5) is 2.85. The minimum Gasteiger partial charge on any atom is -0.309 e. The molecule has 1 saturated carbocycles. The van der Waals surface area contributed by atoms with Gasteiger partial charge in [-0.15, -0.1) is 11.3 Å². The van der Waals surface area contributed by atoms with Crippen LogP contribution in [0.4, 0.5) is 0 Å². The van der Waals surface area contributed by atoms with E-state index in [4.69, 9.17) is 0 Å². The van der Waals surface area contributed by atoms with E-state index in [1.807, 2.05) is 23.1 Å². The fourth-order valence-corrected chi connectivity index (χ4v) is 4.10. The van der Waals surface area contributed by atoms with Gasteiger partial charge in [0.2, 0.25) is 0 Å². The van der Waals surface area contributed by atoms with Gasteiger partial charge in [0.1, 0.15) is 0 Å². The van der Waals surface area contributed by atoms with Crippen LogP contribution in [0.2, 0.25) is 0 Å². The van der Waals surface area contributed by atoms with Crippen LogP contribution in [-0.2, 0) is 13.5 Å². The Morgan fingerprint density at radius 3 is 2.86 bits per heavy atom. The summed E-state index contributed by atoms with van der Waals surface area (Å²) in [7, 11) is 2.01. The molecule has 2 aromatic rings. The fraction of sp³-hybridized carbons (Fsp3) is 0.588. The topological polar surface area (TPSA) is 29.9 Å². The molecule has 0 amide bonds. The largest absolute Gasteiger partial charge is 0.309 e. The molecule has 0 saturated heterocycles. The van der Waals surface area contributed by atoms with E-state index >= 15 is 0 Å². The van der Waals surface area contributed by atoms with E-state index in [0.29, 0.717) is 6.04 Å². The molecule has 4 heteroatoms. The molecule has 2 aromatic heterocycles. The van der Waals surface area contributed by atoms with Crippen LogP contribution in [0.25, 0.3) is 10.4 Å². The first-order valence-electron chi connectivity index (χ1n) is 8.09. The van der Waals surface area contributed by atoms with Crippen molar-refractivity contribution in [2.24, 2.45) is 13.0 Å². The smallest absolute Gasteiger partial charge is 0.0708 e. The molecule has 1 aliphatic carbocycles. The van der Waals surface area contributed by atoms with Crippen LogP contribution in [0.1, 0.15) is 49.7 Å². The Balaban J connectivity index is 1.84. The van der Waals surface area contributed by atoms with Gasteiger partial charge in [-0.1, -0.05) is 13.8 Å². The summed E-state index contributed by atoms with van der Waals surface area (Å²) < 4.78 is 1.93. The number of nitrogens with zero attached hydrogens (tertiary/aromatic N) is 2. The highest BCUT2D eigenvalue weighted by molar-refractivity contribution is 7.15. The molecule has 3 rings (SSSR count). The van der Waals surface area contributed by atoms with E-state index in [1.165, 1.54) is 40.3 Å². The van der Waals surface area contributed by atoms with Crippen molar-refractivity contribution >= 4 is 11.3 Å². The van der Waals surface area contributed by atoms with Gasteiger partial charge in [0, 0.05) is 34.6 Å². The van der Waals surface area contributed by atoms with Crippen LogP contribution in [-0.4, -0.2) is 16.3 Å². The highest BCUT2D eigenvalue weighted by Gasteiger charge is 2.32. The lowest BCUT2D eigenvalue weighted by molar-refractivity contribution is 0.488. The van der Waals surface area contributed by atoms with E-state index in [0.717, 1.165) is 18.9 Å². The maximum atomic E-state index is 4.56. The van der Waals surface area contributed by atoms with Crippen molar-refractivity contribution in [3.63, 3.8) is 0 Å². The van der Waals surface area contributed by atoms with Crippen LogP contribution in [0.15, 0.2) is 18.3 Å². The van der Waals surface area contributed by atoms with Gasteiger partial charge in [-0.3, -0.25) is 4.68 Å².